The smallest absolute Gasteiger partial charge is 0.263 e. The molecule has 2 aromatic carbocycles. The third kappa shape index (κ3) is 5.67. The summed E-state index contributed by atoms with van der Waals surface area (Å²) in [5.41, 5.74) is 3.55. The van der Waals surface area contributed by atoms with Gasteiger partial charge in [-0.3, -0.25) is 14.2 Å². The first-order valence-electron chi connectivity index (χ1n) is 15.5. The zero-order chi connectivity index (χ0) is 30.2. The molecular formula is C34H38N6O4. The molecule has 228 valence electrons. The summed E-state index contributed by atoms with van der Waals surface area (Å²) < 4.78 is 13.3. The van der Waals surface area contributed by atoms with Crippen molar-refractivity contribution < 1.29 is 14.3 Å². The van der Waals surface area contributed by atoms with E-state index < -0.39 is 0 Å². The molecular weight excluding hydrogens is 556 g/mol. The van der Waals surface area contributed by atoms with Gasteiger partial charge in [0, 0.05) is 68.8 Å². The number of carbonyl (C=O) groups is 1. The van der Waals surface area contributed by atoms with Crippen LogP contribution in [0.25, 0.3) is 11.0 Å². The third-order valence-electron chi connectivity index (χ3n) is 9.10. The van der Waals surface area contributed by atoms with Gasteiger partial charge in [-0.15, -0.1) is 0 Å². The summed E-state index contributed by atoms with van der Waals surface area (Å²) in [7, 11) is 4.14. The van der Waals surface area contributed by atoms with Gasteiger partial charge in [0.2, 0.25) is 5.95 Å². The Morgan fingerprint density at radius 1 is 1.02 bits per heavy atom. The number of likely N-dealkylation sites (tertiary alicyclic amines) is 1. The Kier molecular flexibility index (Phi) is 7.78. The van der Waals surface area contributed by atoms with Gasteiger partial charge < -0.3 is 24.6 Å². The molecule has 44 heavy (non-hydrogen) atoms. The van der Waals surface area contributed by atoms with Crippen molar-refractivity contribution in [3.05, 3.63) is 82.3 Å². The van der Waals surface area contributed by atoms with Crippen LogP contribution >= 0.6 is 0 Å². The van der Waals surface area contributed by atoms with Gasteiger partial charge in [-0.25, -0.2) is 4.98 Å². The van der Waals surface area contributed by atoms with Crippen molar-refractivity contribution in [3.63, 3.8) is 0 Å². The molecule has 0 bridgehead atoms. The summed E-state index contributed by atoms with van der Waals surface area (Å²) in [6.07, 6.45) is 4.83. The maximum absolute atomic E-state index is 14.2. The van der Waals surface area contributed by atoms with Gasteiger partial charge in [-0.2, -0.15) is 4.98 Å². The van der Waals surface area contributed by atoms with Crippen LogP contribution < -0.4 is 20.5 Å². The number of benzene rings is 2. The first-order chi connectivity index (χ1) is 21.4. The number of nitrogens with one attached hydrogen (secondary N) is 1. The van der Waals surface area contributed by atoms with Crippen LogP contribution in [-0.2, 0) is 11.2 Å². The number of rotatable bonds is 7. The second-order valence-electron chi connectivity index (χ2n) is 12.3. The fourth-order valence-electron chi connectivity index (χ4n) is 6.77. The molecule has 4 aromatic rings. The van der Waals surface area contributed by atoms with Crippen LogP contribution in [0.3, 0.4) is 0 Å². The standard InChI is InChI=1S/C34H38N6O4/c1-38-14-11-28(21-38)44-27-9-7-25(8-10-27)36-34-35-19-24-18-29(31(41)22-12-15-43-16-13-22)33(42)40(32(24)37-34)26-17-23-5-3-4-6-30(23)39(2)20-26/h3-10,18-19,22,26,28H,11-17,20-21H2,1-2H3,(H,35,36,37). The van der Waals surface area contributed by atoms with E-state index in [1.165, 1.54) is 0 Å². The number of ketones is 1. The quantitative estimate of drug-likeness (QED) is 0.311. The lowest BCUT2D eigenvalue weighted by molar-refractivity contribution is 0.0543. The van der Waals surface area contributed by atoms with Crippen molar-refractivity contribution in [2.24, 2.45) is 5.92 Å². The molecule has 0 spiro atoms. The molecule has 2 unspecified atom stereocenters. The van der Waals surface area contributed by atoms with Gasteiger partial charge in [0.05, 0.1) is 11.6 Å². The van der Waals surface area contributed by atoms with E-state index in [4.69, 9.17) is 14.5 Å². The van der Waals surface area contributed by atoms with Crippen LogP contribution in [0.1, 0.15) is 41.2 Å². The molecule has 10 heteroatoms. The molecule has 0 amide bonds. The van der Waals surface area contributed by atoms with Gasteiger partial charge in [0.15, 0.2) is 5.78 Å². The molecule has 2 saturated heterocycles. The number of hydrogen-bond donors (Lipinski definition) is 1. The highest BCUT2D eigenvalue weighted by molar-refractivity contribution is 6.00. The molecule has 3 aliphatic heterocycles. The lowest BCUT2D eigenvalue weighted by Gasteiger charge is -2.35. The van der Waals surface area contributed by atoms with Crippen LogP contribution in [-0.4, -0.2) is 78.3 Å². The average Bonchev–Trinajstić information content (AvgIpc) is 3.46. The van der Waals surface area contributed by atoms with Crippen molar-refractivity contribution in [3.8, 4) is 5.75 Å². The molecule has 5 heterocycles. The number of anilines is 3. The maximum atomic E-state index is 14.2. The lowest BCUT2D eigenvalue weighted by atomic mass is 9.91. The van der Waals surface area contributed by atoms with Gasteiger partial charge in [-0.05, 0) is 74.7 Å². The van der Waals surface area contributed by atoms with Crippen molar-refractivity contribution in [1.29, 1.82) is 0 Å². The van der Waals surface area contributed by atoms with E-state index in [0.29, 0.717) is 56.0 Å². The largest absolute Gasteiger partial charge is 0.489 e. The van der Waals surface area contributed by atoms with E-state index in [0.717, 1.165) is 42.2 Å². The van der Waals surface area contributed by atoms with Crippen LogP contribution in [0.15, 0.2) is 65.6 Å². The van der Waals surface area contributed by atoms with E-state index in [9.17, 15) is 9.59 Å². The van der Waals surface area contributed by atoms with Crippen molar-refractivity contribution in [2.75, 3.05) is 57.2 Å². The summed E-state index contributed by atoms with van der Waals surface area (Å²) in [5, 5.41) is 3.96. The number of ether oxygens (including phenoxy) is 2. The molecule has 7 rings (SSSR count). The number of fused-ring (bicyclic) bond motifs is 2. The highest BCUT2D eigenvalue weighted by Crippen LogP contribution is 2.32. The summed E-state index contributed by atoms with van der Waals surface area (Å²) in [6, 6.07) is 17.5. The first-order valence-corrected chi connectivity index (χ1v) is 15.5. The number of pyridine rings is 1. The van der Waals surface area contributed by atoms with Gasteiger partial charge in [0.25, 0.3) is 5.56 Å². The normalized spacial score (nSPS) is 20.9. The molecule has 3 aliphatic rings. The Morgan fingerprint density at radius 3 is 2.59 bits per heavy atom. The van der Waals surface area contributed by atoms with Crippen LogP contribution in [0.2, 0.25) is 0 Å². The minimum absolute atomic E-state index is 0.118. The molecule has 2 fully saturated rings. The zero-order valence-corrected chi connectivity index (χ0v) is 25.2. The maximum Gasteiger partial charge on any atom is 0.263 e. The topological polar surface area (TPSA) is 102 Å². The minimum atomic E-state index is -0.296. The van der Waals surface area contributed by atoms with E-state index in [2.05, 4.69) is 39.3 Å². The highest BCUT2D eigenvalue weighted by Gasteiger charge is 2.31. The van der Waals surface area contributed by atoms with Crippen molar-refractivity contribution in [1.82, 2.24) is 19.4 Å². The Labute approximate surface area is 256 Å². The van der Waals surface area contributed by atoms with Gasteiger partial charge in [0.1, 0.15) is 17.5 Å². The molecule has 0 aliphatic carbocycles. The summed E-state index contributed by atoms with van der Waals surface area (Å²) in [4.78, 5) is 41.8. The molecule has 2 atom stereocenters. The van der Waals surface area contributed by atoms with E-state index in [1.54, 1.807) is 16.8 Å². The number of nitrogens with zero attached hydrogens (tertiary/aromatic N) is 5. The van der Waals surface area contributed by atoms with E-state index in [1.807, 2.05) is 43.4 Å². The van der Waals surface area contributed by atoms with Gasteiger partial charge >= 0.3 is 0 Å². The fourth-order valence-corrected chi connectivity index (χ4v) is 6.77. The Hall–Kier alpha value is -4.28. The zero-order valence-electron chi connectivity index (χ0n) is 25.2. The monoisotopic (exact) mass is 594 g/mol. The predicted octanol–water partition coefficient (Wildman–Crippen LogP) is 4.46. The van der Waals surface area contributed by atoms with Crippen LogP contribution in [0, 0.1) is 5.92 Å². The van der Waals surface area contributed by atoms with Gasteiger partial charge in [-0.1, -0.05) is 18.2 Å². The van der Waals surface area contributed by atoms with Crippen LogP contribution in [0.4, 0.5) is 17.3 Å². The molecule has 2 aromatic heterocycles. The molecule has 0 saturated carbocycles. The molecule has 1 N–H and O–H groups in total. The first kappa shape index (κ1) is 28.5. The summed E-state index contributed by atoms with van der Waals surface area (Å²) in [6.45, 7) is 3.66. The Bertz CT molecular complexity index is 1730. The summed E-state index contributed by atoms with van der Waals surface area (Å²) >= 11 is 0. The van der Waals surface area contributed by atoms with Crippen molar-refractivity contribution >= 4 is 34.1 Å². The number of carbonyl (C=O) groups excluding carboxylic acids is 1. The third-order valence-corrected chi connectivity index (χ3v) is 9.10. The van der Waals surface area contributed by atoms with Crippen molar-refractivity contribution in [2.45, 2.75) is 37.8 Å². The lowest BCUT2D eigenvalue weighted by Crippen LogP contribution is -2.40. The number of Topliss-reactive ketones (excluding diaryl/α,β-unsaturated/α-hetero) is 1. The Morgan fingerprint density at radius 2 is 1.82 bits per heavy atom. The number of likely N-dealkylation sites (N-methyl/N-ethyl adjacent to an activating group) is 2. The SMILES string of the molecule is CN1CCC(Oc2ccc(Nc3ncc4cc(C(=O)C5CCOCC5)c(=O)n(C5Cc6ccccc6N(C)C5)c4n3)cc2)C1. The molecule has 10 nitrogen and oxygen atoms in total. The van der Waals surface area contributed by atoms with Crippen LogP contribution in [0.5, 0.6) is 5.75 Å². The highest BCUT2D eigenvalue weighted by atomic mass is 16.5. The second kappa shape index (κ2) is 12.0. The Balaban J connectivity index is 1.23. The van der Waals surface area contributed by atoms with E-state index >= 15 is 0 Å². The second-order valence-corrected chi connectivity index (χ2v) is 12.3. The average molecular weight is 595 g/mol. The predicted molar refractivity (Wildman–Crippen MR) is 170 cm³/mol. The summed E-state index contributed by atoms with van der Waals surface area (Å²) in [5.74, 6) is 0.866. The molecule has 0 radical (unpaired) electrons. The van der Waals surface area contributed by atoms with E-state index in [-0.39, 0.29) is 35.0 Å². The number of para-hydroxylation sites is 1. The number of hydrogen-bond acceptors (Lipinski definition) is 9. The number of aromatic nitrogens is 3. The minimum Gasteiger partial charge on any atom is -0.489 e. The fraction of sp³-hybridized carbons (Fsp3) is 0.412.